The van der Waals surface area contributed by atoms with E-state index in [4.69, 9.17) is 5.11 Å². The van der Waals surface area contributed by atoms with Crippen molar-refractivity contribution in [2.75, 3.05) is 25.5 Å². The average Bonchev–Trinajstić information content (AvgIpc) is 2.36. The van der Waals surface area contributed by atoms with Crippen LogP contribution in [0.2, 0.25) is 0 Å². The van der Waals surface area contributed by atoms with Crippen LogP contribution in [0.5, 0.6) is 0 Å². The summed E-state index contributed by atoms with van der Waals surface area (Å²) >= 11 is 0. The maximum Gasteiger partial charge on any atom is 0.323 e. The highest BCUT2D eigenvalue weighted by atomic mass is 16.4. The largest absolute Gasteiger partial charge is 0.481 e. The van der Waals surface area contributed by atoms with E-state index in [9.17, 15) is 9.59 Å². The molecule has 1 aromatic carbocycles. The Bertz CT molecular complexity index is 460. The SMILES string of the molecule is Cc1cccc(N(C)C(=O)N(C)CCCC(=O)O)c1. The van der Waals surface area contributed by atoms with Gasteiger partial charge < -0.3 is 10.0 Å². The summed E-state index contributed by atoms with van der Waals surface area (Å²) in [5.41, 5.74) is 1.92. The summed E-state index contributed by atoms with van der Waals surface area (Å²) in [4.78, 5) is 25.7. The molecule has 0 unspecified atom stereocenters. The molecular weight excluding hydrogens is 244 g/mol. The molecule has 19 heavy (non-hydrogen) atoms. The Balaban J connectivity index is 2.58. The third-order valence-corrected chi connectivity index (χ3v) is 2.89. The fraction of sp³-hybridized carbons (Fsp3) is 0.429. The first-order valence-electron chi connectivity index (χ1n) is 6.19. The van der Waals surface area contributed by atoms with Crippen molar-refractivity contribution < 1.29 is 14.7 Å². The van der Waals surface area contributed by atoms with Crippen molar-refractivity contribution in [2.24, 2.45) is 0 Å². The van der Waals surface area contributed by atoms with Crippen LogP contribution in [0, 0.1) is 6.92 Å². The van der Waals surface area contributed by atoms with Crippen LogP contribution in [0.25, 0.3) is 0 Å². The standard InChI is InChI=1S/C14H20N2O3/c1-11-6-4-7-12(10-11)16(3)14(19)15(2)9-5-8-13(17)18/h4,6-7,10H,5,8-9H2,1-3H3,(H,17,18). The lowest BCUT2D eigenvalue weighted by Crippen LogP contribution is -2.39. The third-order valence-electron chi connectivity index (χ3n) is 2.89. The highest BCUT2D eigenvalue weighted by Crippen LogP contribution is 2.15. The van der Waals surface area contributed by atoms with E-state index in [1.165, 1.54) is 4.90 Å². The number of aryl methyl sites for hydroxylation is 1. The third kappa shape index (κ3) is 4.62. The van der Waals surface area contributed by atoms with Gasteiger partial charge in [0, 0.05) is 32.7 Å². The Morgan fingerprint density at radius 2 is 1.95 bits per heavy atom. The molecule has 0 aliphatic heterocycles. The van der Waals surface area contributed by atoms with Crippen molar-refractivity contribution in [3.63, 3.8) is 0 Å². The molecule has 0 heterocycles. The highest BCUT2D eigenvalue weighted by molar-refractivity contribution is 5.91. The molecule has 1 N–H and O–H groups in total. The summed E-state index contributed by atoms with van der Waals surface area (Å²) < 4.78 is 0. The lowest BCUT2D eigenvalue weighted by atomic mass is 10.2. The summed E-state index contributed by atoms with van der Waals surface area (Å²) in [6, 6.07) is 7.53. The second-order valence-corrected chi connectivity index (χ2v) is 4.60. The zero-order chi connectivity index (χ0) is 14.4. The predicted octanol–water partition coefficient (Wildman–Crippen LogP) is 2.35. The number of rotatable bonds is 5. The number of carboxylic acids is 1. The fourth-order valence-electron chi connectivity index (χ4n) is 1.77. The van der Waals surface area contributed by atoms with Crippen LogP contribution in [0.3, 0.4) is 0 Å². The second-order valence-electron chi connectivity index (χ2n) is 4.60. The lowest BCUT2D eigenvalue weighted by Gasteiger charge is -2.25. The number of carbonyl (C=O) groups excluding carboxylic acids is 1. The van der Waals surface area contributed by atoms with Crippen molar-refractivity contribution in [2.45, 2.75) is 19.8 Å². The molecule has 0 fully saturated rings. The van der Waals surface area contributed by atoms with E-state index in [2.05, 4.69) is 0 Å². The molecule has 0 aliphatic rings. The minimum atomic E-state index is -0.840. The van der Waals surface area contributed by atoms with Gasteiger partial charge in [0.15, 0.2) is 0 Å². The van der Waals surface area contributed by atoms with Crippen molar-refractivity contribution in [3.05, 3.63) is 29.8 Å². The number of carboxylic acid groups (broad SMARTS) is 1. The van der Waals surface area contributed by atoms with Crippen LogP contribution in [-0.4, -0.2) is 42.6 Å². The molecule has 0 spiro atoms. The molecule has 5 nitrogen and oxygen atoms in total. The zero-order valence-corrected chi connectivity index (χ0v) is 11.6. The topological polar surface area (TPSA) is 60.9 Å². The van der Waals surface area contributed by atoms with Gasteiger partial charge in [-0.1, -0.05) is 12.1 Å². The van der Waals surface area contributed by atoms with Gasteiger partial charge in [0.05, 0.1) is 0 Å². The normalized spacial score (nSPS) is 10.1. The Morgan fingerprint density at radius 1 is 1.26 bits per heavy atom. The maximum atomic E-state index is 12.1. The number of nitrogens with zero attached hydrogens (tertiary/aromatic N) is 2. The fourth-order valence-corrected chi connectivity index (χ4v) is 1.77. The quantitative estimate of drug-likeness (QED) is 0.888. The monoisotopic (exact) mass is 264 g/mol. The Labute approximate surface area is 113 Å². The number of aliphatic carboxylic acids is 1. The molecule has 0 saturated heterocycles. The summed E-state index contributed by atoms with van der Waals surface area (Å²) in [5, 5.41) is 8.57. The van der Waals surface area contributed by atoms with Gasteiger partial charge in [-0.15, -0.1) is 0 Å². The molecular formula is C14H20N2O3. The number of anilines is 1. The minimum Gasteiger partial charge on any atom is -0.481 e. The van der Waals surface area contributed by atoms with Crippen molar-refractivity contribution in [1.29, 1.82) is 0 Å². The number of carbonyl (C=O) groups is 2. The summed E-state index contributed by atoms with van der Waals surface area (Å²) in [5.74, 6) is -0.840. The van der Waals surface area contributed by atoms with Crippen LogP contribution in [0.1, 0.15) is 18.4 Å². The van der Waals surface area contributed by atoms with Crippen LogP contribution < -0.4 is 4.90 Å². The highest BCUT2D eigenvalue weighted by Gasteiger charge is 2.15. The smallest absolute Gasteiger partial charge is 0.323 e. The van der Waals surface area contributed by atoms with Gasteiger partial charge >= 0.3 is 12.0 Å². The lowest BCUT2D eigenvalue weighted by molar-refractivity contribution is -0.137. The van der Waals surface area contributed by atoms with E-state index in [0.717, 1.165) is 11.3 Å². The average molecular weight is 264 g/mol. The van der Waals surface area contributed by atoms with E-state index in [-0.39, 0.29) is 12.5 Å². The summed E-state index contributed by atoms with van der Waals surface area (Å²) in [7, 11) is 3.39. The molecule has 1 rings (SSSR count). The first-order valence-corrected chi connectivity index (χ1v) is 6.19. The number of hydrogen-bond donors (Lipinski definition) is 1. The van der Waals surface area contributed by atoms with Crippen LogP contribution >= 0.6 is 0 Å². The van der Waals surface area contributed by atoms with Gasteiger partial charge in [0.2, 0.25) is 0 Å². The minimum absolute atomic E-state index is 0.0752. The predicted molar refractivity (Wildman–Crippen MR) is 74.5 cm³/mol. The zero-order valence-electron chi connectivity index (χ0n) is 11.6. The molecule has 0 aliphatic carbocycles. The van der Waals surface area contributed by atoms with Gasteiger partial charge in [0.25, 0.3) is 0 Å². The van der Waals surface area contributed by atoms with Crippen LogP contribution in [0.15, 0.2) is 24.3 Å². The first-order chi connectivity index (χ1) is 8.91. The molecule has 1 aromatic rings. The number of benzene rings is 1. The van der Waals surface area contributed by atoms with Crippen molar-refractivity contribution in [1.82, 2.24) is 4.90 Å². The van der Waals surface area contributed by atoms with E-state index in [1.54, 1.807) is 19.0 Å². The summed E-state index contributed by atoms with van der Waals surface area (Å²) in [6.45, 7) is 2.40. The van der Waals surface area contributed by atoms with Crippen LogP contribution in [-0.2, 0) is 4.79 Å². The van der Waals surface area contributed by atoms with E-state index in [1.807, 2.05) is 31.2 Å². The van der Waals surface area contributed by atoms with Gasteiger partial charge in [-0.05, 0) is 31.0 Å². The first kappa shape index (κ1) is 15.0. The molecule has 2 amide bonds. The van der Waals surface area contributed by atoms with Crippen LogP contribution in [0.4, 0.5) is 10.5 Å². The van der Waals surface area contributed by atoms with E-state index in [0.29, 0.717) is 13.0 Å². The molecule has 5 heteroatoms. The number of urea groups is 1. The van der Waals surface area contributed by atoms with Gasteiger partial charge in [-0.25, -0.2) is 4.79 Å². The molecule has 0 bridgehead atoms. The van der Waals surface area contributed by atoms with E-state index < -0.39 is 5.97 Å². The van der Waals surface area contributed by atoms with Gasteiger partial charge in [-0.3, -0.25) is 9.69 Å². The Kier molecular flexibility index (Phi) is 5.36. The molecule has 0 radical (unpaired) electrons. The maximum absolute atomic E-state index is 12.1. The summed E-state index contributed by atoms with van der Waals surface area (Å²) in [6.07, 6.45) is 0.533. The van der Waals surface area contributed by atoms with Gasteiger partial charge in [-0.2, -0.15) is 0 Å². The number of amides is 2. The molecule has 0 atom stereocenters. The van der Waals surface area contributed by atoms with Crippen molar-refractivity contribution >= 4 is 17.7 Å². The van der Waals surface area contributed by atoms with E-state index >= 15 is 0 Å². The van der Waals surface area contributed by atoms with Crippen molar-refractivity contribution in [3.8, 4) is 0 Å². The molecule has 0 aromatic heterocycles. The molecule has 104 valence electrons. The van der Waals surface area contributed by atoms with Gasteiger partial charge in [0.1, 0.15) is 0 Å². The Morgan fingerprint density at radius 3 is 2.53 bits per heavy atom. The Hall–Kier alpha value is -2.04. The number of hydrogen-bond acceptors (Lipinski definition) is 2. The second kappa shape index (κ2) is 6.78. The molecule has 0 saturated carbocycles.